The molecule has 1 atom stereocenters. The molecule has 10 nitrogen and oxygen atoms in total. The van der Waals surface area contributed by atoms with E-state index >= 15 is 0 Å². The highest BCUT2D eigenvalue weighted by molar-refractivity contribution is 6.16. The molecule has 43 heavy (non-hydrogen) atoms. The van der Waals surface area contributed by atoms with Crippen LogP contribution in [-0.2, 0) is 51.3 Å². The van der Waals surface area contributed by atoms with Crippen LogP contribution in [0.5, 0.6) is 0 Å². The maximum absolute atomic E-state index is 12.4. The minimum absolute atomic E-state index is 0.0364. The van der Waals surface area contributed by atoms with Crippen molar-refractivity contribution in [1.29, 1.82) is 0 Å². The van der Waals surface area contributed by atoms with Crippen LogP contribution >= 0.6 is 0 Å². The topological polar surface area (TPSA) is 165 Å². The molecule has 228 valence electrons. The highest BCUT2D eigenvalue weighted by Gasteiger charge is 2.30. The number of carbonyl (C=O) groups is 4. The van der Waals surface area contributed by atoms with E-state index in [1.54, 1.807) is 6.08 Å². The number of aliphatic carboxylic acids is 2. The lowest BCUT2D eigenvalue weighted by molar-refractivity contribution is -0.138. The molecule has 4 heterocycles. The van der Waals surface area contributed by atoms with Gasteiger partial charge in [0.05, 0.1) is 11.6 Å². The number of hydrogen-bond donors (Lipinski definition) is 5. The van der Waals surface area contributed by atoms with E-state index in [-0.39, 0.29) is 30.6 Å². The van der Waals surface area contributed by atoms with Crippen molar-refractivity contribution in [3.8, 4) is 0 Å². The molecule has 4 rings (SSSR count). The second-order valence-electron chi connectivity index (χ2n) is 11.3. The van der Waals surface area contributed by atoms with E-state index in [1.165, 1.54) is 0 Å². The molecule has 0 radical (unpaired) electrons. The van der Waals surface area contributed by atoms with E-state index in [0.29, 0.717) is 43.4 Å². The van der Waals surface area contributed by atoms with Crippen LogP contribution in [0.15, 0.2) is 39.6 Å². The minimum atomic E-state index is -0.896. The first kappa shape index (κ1) is 31.5. The number of aliphatic imine (C=N–C) groups is 1. The summed E-state index contributed by atoms with van der Waals surface area (Å²) in [5.74, 6) is -2.38. The predicted molar refractivity (Wildman–Crippen MR) is 163 cm³/mol. The van der Waals surface area contributed by atoms with Crippen LogP contribution < -0.4 is 5.32 Å². The fourth-order valence-electron chi connectivity index (χ4n) is 6.23. The van der Waals surface area contributed by atoms with Crippen molar-refractivity contribution in [2.24, 2.45) is 10.9 Å². The van der Waals surface area contributed by atoms with E-state index in [4.69, 9.17) is 0 Å². The Kier molecular flexibility index (Phi) is 9.37. The fourth-order valence-corrected chi connectivity index (χ4v) is 6.23. The molecule has 1 unspecified atom stereocenters. The van der Waals surface area contributed by atoms with Crippen molar-refractivity contribution in [3.63, 3.8) is 0 Å². The number of hydrogen-bond acceptors (Lipinski definition) is 4. The molecule has 0 fully saturated rings. The van der Waals surface area contributed by atoms with Crippen molar-refractivity contribution in [2.75, 3.05) is 0 Å². The van der Waals surface area contributed by atoms with Gasteiger partial charge in [-0.25, -0.2) is 4.99 Å². The summed E-state index contributed by atoms with van der Waals surface area (Å²) in [6.07, 6.45) is 5.58. The molecular formula is C33H40N4O6. The second kappa shape index (κ2) is 12.8. The zero-order valence-electron chi connectivity index (χ0n) is 25.7. The van der Waals surface area contributed by atoms with Crippen molar-refractivity contribution >= 4 is 29.5 Å². The summed E-state index contributed by atoms with van der Waals surface area (Å²) in [6, 6.07) is 0. The molecule has 2 aromatic rings. The van der Waals surface area contributed by atoms with Gasteiger partial charge in [-0.1, -0.05) is 12.2 Å². The van der Waals surface area contributed by atoms with Crippen LogP contribution in [0.25, 0.3) is 0 Å². The van der Waals surface area contributed by atoms with Gasteiger partial charge in [0.2, 0.25) is 0 Å². The van der Waals surface area contributed by atoms with E-state index < -0.39 is 11.9 Å². The molecule has 0 aliphatic carbocycles. The van der Waals surface area contributed by atoms with E-state index in [0.717, 1.165) is 61.9 Å². The first-order valence-corrected chi connectivity index (χ1v) is 14.6. The molecule has 0 bridgehead atoms. The number of amides is 2. The van der Waals surface area contributed by atoms with Crippen LogP contribution in [0.2, 0.25) is 0 Å². The number of carboxylic acid groups (broad SMARTS) is 2. The number of aromatic nitrogens is 2. The highest BCUT2D eigenvalue weighted by Crippen LogP contribution is 2.31. The largest absolute Gasteiger partial charge is 0.481 e. The Morgan fingerprint density at radius 1 is 0.814 bits per heavy atom. The number of allylic oxidation sites excluding steroid dienone is 3. The molecular weight excluding hydrogens is 548 g/mol. The molecule has 2 aliphatic heterocycles. The Morgan fingerprint density at radius 3 is 1.81 bits per heavy atom. The van der Waals surface area contributed by atoms with Crippen LogP contribution in [0, 0.1) is 19.8 Å². The third-order valence-electron chi connectivity index (χ3n) is 8.75. The van der Waals surface area contributed by atoms with Gasteiger partial charge in [-0.15, -0.1) is 0 Å². The maximum Gasteiger partial charge on any atom is 0.303 e. The molecule has 5 N–H and O–H groups in total. The maximum atomic E-state index is 12.4. The monoisotopic (exact) mass is 588 g/mol. The van der Waals surface area contributed by atoms with E-state index in [1.807, 2.05) is 47.6 Å². The molecule has 2 aliphatic rings. The number of carboxylic acids is 2. The van der Waals surface area contributed by atoms with Gasteiger partial charge in [0.15, 0.2) is 0 Å². The normalized spacial score (nSPS) is 18.7. The number of nitrogens with one attached hydrogen (secondary N) is 3. The average Bonchev–Trinajstić information content (AvgIpc) is 3.59. The molecule has 0 aromatic carbocycles. The van der Waals surface area contributed by atoms with Crippen LogP contribution in [0.3, 0.4) is 0 Å². The van der Waals surface area contributed by atoms with Gasteiger partial charge in [-0.3, -0.25) is 19.2 Å². The number of rotatable bonds is 12. The lowest BCUT2D eigenvalue weighted by Crippen LogP contribution is -2.18. The third kappa shape index (κ3) is 6.48. The summed E-state index contributed by atoms with van der Waals surface area (Å²) in [7, 11) is 0. The highest BCUT2D eigenvalue weighted by atomic mass is 16.4. The van der Waals surface area contributed by atoms with Gasteiger partial charge in [-0.05, 0) is 87.8 Å². The van der Waals surface area contributed by atoms with Crippen LogP contribution in [-0.4, -0.2) is 49.6 Å². The Balaban J connectivity index is 1.73. The van der Waals surface area contributed by atoms with Gasteiger partial charge in [0.1, 0.15) is 0 Å². The molecule has 0 saturated carbocycles. The summed E-state index contributed by atoms with van der Waals surface area (Å²) in [5, 5.41) is 21.9. The first-order valence-electron chi connectivity index (χ1n) is 14.6. The Labute approximate surface area is 251 Å². The third-order valence-corrected chi connectivity index (χ3v) is 8.75. The average molecular weight is 589 g/mol. The molecule has 0 saturated heterocycles. The first-order chi connectivity index (χ1) is 20.4. The van der Waals surface area contributed by atoms with Crippen molar-refractivity contribution in [2.45, 2.75) is 86.5 Å². The Bertz CT molecular complexity index is 1560. The van der Waals surface area contributed by atoms with Crippen LogP contribution in [0.4, 0.5) is 0 Å². The number of carbonyl (C=O) groups excluding carboxylic acids is 2. The Morgan fingerprint density at radius 2 is 1.35 bits per heavy atom. The summed E-state index contributed by atoms with van der Waals surface area (Å²) < 4.78 is 0. The molecule has 2 aromatic heterocycles. The summed E-state index contributed by atoms with van der Waals surface area (Å²) in [5.41, 5.74) is 11.1. The smallest absolute Gasteiger partial charge is 0.303 e. The molecule has 0 spiro atoms. The van der Waals surface area contributed by atoms with E-state index in [9.17, 15) is 29.4 Å². The number of nitrogens with zero attached hydrogens (tertiary/aromatic N) is 1. The summed E-state index contributed by atoms with van der Waals surface area (Å²) in [4.78, 5) is 59.1. The van der Waals surface area contributed by atoms with E-state index in [2.05, 4.69) is 20.3 Å². The van der Waals surface area contributed by atoms with Crippen molar-refractivity contribution in [1.82, 2.24) is 15.3 Å². The van der Waals surface area contributed by atoms with Gasteiger partial charge in [0, 0.05) is 66.1 Å². The number of H-pyrrole nitrogens is 2. The van der Waals surface area contributed by atoms with Gasteiger partial charge >= 0.3 is 11.9 Å². The molecule has 10 heteroatoms. The van der Waals surface area contributed by atoms with Crippen LogP contribution in [0.1, 0.15) is 85.6 Å². The lowest BCUT2D eigenvalue weighted by atomic mass is 9.95. The standard InChI is InChI=1S/C33H40N4O6/c1-7-20-19(6)32(42)37-27(20)14-25-18(5)23(10-12-31(40)41)29(35-25)15-28-22(9-11-30(38)39)17(4)24(34-28)13-26-16(3)21(8-2)33(43)36-26/h7-8,19,34-35H,9-15H2,1-6H3,(H,36,43)(H,38,39)(H,40,41)/b20-7-,21-8+. The quantitative estimate of drug-likeness (QED) is 0.228. The minimum Gasteiger partial charge on any atom is -0.481 e. The summed E-state index contributed by atoms with van der Waals surface area (Å²) >= 11 is 0. The zero-order chi connectivity index (χ0) is 31.6. The molecule has 2 amide bonds. The Hall–Kier alpha value is -4.47. The summed E-state index contributed by atoms with van der Waals surface area (Å²) in [6.45, 7) is 11.4. The van der Waals surface area contributed by atoms with Crippen molar-refractivity contribution in [3.05, 3.63) is 79.6 Å². The predicted octanol–water partition coefficient (Wildman–Crippen LogP) is 4.58. The fraction of sp³-hybridized carbons (Fsp3) is 0.424. The van der Waals surface area contributed by atoms with Crippen molar-refractivity contribution < 1.29 is 29.4 Å². The zero-order valence-corrected chi connectivity index (χ0v) is 25.7. The lowest BCUT2D eigenvalue weighted by Gasteiger charge is -2.07. The second-order valence-corrected chi connectivity index (χ2v) is 11.3. The van der Waals surface area contributed by atoms with Gasteiger partial charge in [-0.2, -0.15) is 0 Å². The number of aromatic amines is 2. The SMILES string of the molecule is C/C=C1\C(Cc2[nH]c(Cc3[nH]c(CC4=C(C)/C(=C\C)C(=O)N4)c(C)c3CCC(=O)O)c(CCC(=O)O)c2C)=NC(=O)C1C. The van der Waals surface area contributed by atoms with Gasteiger partial charge in [0.25, 0.3) is 11.8 Å². The van der Waals surface area contributed by atoms with Gasteiger partial charge < -0.3 is 25.5 Å².